The Morgan fingerprint density at radius 3 is 3.13 bits per heavy atom. The van der Waals surface area contributed by atoms with E-state index in [2.05, 4.69) is 17.3 Å². The minimum Gasteiger partial charge on any atom is -0.228 e. The second kappa shape index (κ2) is 4.88. The van der Waals surface area contributed by atoms with E-state index in [1.165, 1.54) is 11.8 Å². The van der Waals surface area contributed by atoms with Gasteiger partial charge in [0.15, 0.2) is 4.34 Å². The van der Waals surface area contributed by atoms with E-state index in [1.54, 1.807) is 23.1 Å². The summed E-state index contributed by atoms with van der Waals surface area (Å²) in [6.45, 7) is 2.11. The minimum absolute atomic E-state index is 0.953. The summed E-state index contributed by atoms with van der Waals surface area (Å²) in [6, 6.07) is 5.96. The summed E-state index contributed by atoms with van der Waals surface area (Å²) >= 11 is 4.61. The first-order valence-electron chi connectivity index (χ1n) is 4.43. The number of benzene rings is 1. The summed E-state index contributed by atoms with van der Waals surface area (Å²) in [5, 5.41) is 10.8. The van der Waals surface area contributed by atoms with Crippen LogP contribution in [-0.2, 0) is 0 Å². The van der Waals surface area contributed by atoms with Gasteiger partial charge in [0.2, 0.25) is 0 Å². The van der Waals surface area contributed by atoms with Crippen LogP contribution in [0.4, 0.5) is 0 Å². The predicted octanol–water partition coefficient (Wildman–Crippen LogP) is 3.98. The number of aromatic nitrogens is 1. The predicted molar refractivity (Wildman–Crippen MR) is 67.5 cm³/mol. The molecule has 1 heterocycles. The number of rotatable bonds is 3. The molecule has 0 N–H and O–H groups in total. The first-order chi connectivity index (χ1) is 7.35. The maximum Gasteiger partial charge on any atom is 0.151 e. The molecule has 1 aromatic heterocycles. The molecule has 0 unspecified atom stereocenters. The molecule has 0 saturated carbocycles. The molecule has 5 heteroatoms. The molecule has 0 bridgehead atoms. The maximum atomic E-state index is 8.67. The molecular formula is C10H8N2S3. The molecule has 0 spiro atoms. The van der Waals surface area contributed by atoms with Crippen LogP contribution in [0.3, 0.4) is 0 Å². The molecule has 1 aromatic carbocycles. The number of thioether (sulfide) groups is 2. The summed E-state index contributed by atoms with van der Waals surface area (Å²) in [5.41, 5.74) is 0.963. The summed E-state index contributed by atoms with van der Waals surface area (Å²) in [7, 11) is 0. The van der Waals surface area contributed by atoms with Gasteiger partial charge in [-0.1, -0.05) is 24.8 Å². The molecule has 0 aliphatic heterocycles. The number of thiocyanates is 1. The van der Waals surface area contributed by atoms with Gasteiger partial charge in [0.25, 0.3) is 0 Å². The summed E-state index contributed by atoms with van der Waals surface area (Å²) < 4.78 is 2.24. The van der Waals surface area contributed by atoms with Crippen molar-refractivity contribution in [2.45, 2.75) is 16.2 Å². The van der Waals surface area contributed by atoms with Crippen molar-refractivity contribution < 1.29 is 0 Å². The Labute approximate surface area is 101 Å². The average Bonchev–Trinajstić information content (AvgIpc) is 2.62. The van der Waals surface area contributed by atoms with Crippen molar-refractivity contribution in [1.82, 2.24) is 4.98 Å². The standard InChI is InChI=1S/C10H8N2S3/c1-2-13-10-12-9-7(14-6-11)4-3-5-8(9)15-10/h3-5H,2H2,1H3. The highest BCUT2D eigenvalue weighted by Crippen LogP contribution is 2.34. The molecule has 0 amide bonds. The fraction of sp³-hybridized carbons (Fsp3) is 0.200. The number of fused-ring (bicyclic) bond motifs is 1. The third-order valence-electron chi connectivity index (χ3n) is 1.79. The van der Waals surface area contributed by atoms with Gasteiger partial charge in [-0.3, -0.25) is 0 Å². The van der Waals surface area contributed by atoms with Crippen LogP contribution < -0.4 is 0 Å². The van der Waals surface area contributed by atoms with Crippen LogP contribution >= 0.6 is 34.9 Å². The number of para-hydroxylation sites is 1. The van der Waals surface area contributed by atoms with Gasteiger partial charge in [-0.15, -0.1) is 11.3 Å². The van der Waals surface area contributed by atoms with E-state index in [4.69, 9.17) is 5.26 Å². The zero-order valence-electron chi connectivity index (χ0n) is 8.06. The largest absolute Gasteiger partial charge is 0.228 e. The van der Waals surface area contributed by atoms with Crippen LogP contribution in [0.2, 0.25) is 0 Å². The lowest BCUT2D eigenvalue weighted by Crippen LogP contribution is -1.74. The van der Waals surface area contributed by atoms with E-state index in [0.29, 0.717) is 0 Å². The minimum atomic E-state index is 0.953. The lowest BCUT2D eigenvalue weighted by molar-refractivity contribution is 1.27. The van der Waals surface area contributed by atoms with Gasteiger partial charge in [0.05, 0.1) is 10.2 Å². The van der Waals surface area contributed by atoms with E-state index in [0.717, 1.165) is 25.2 Å². The van der Waals surface area contributed by atoms with Crippen LogP contribution in [-0.4, -0.2) is 10.7 Å². The van der Waals surface area contributed by atoms with Crippen molar-refractivity contribution in [2.24, 2.45) is 0 Å². The number of hydrogen-bond acceptors (Lipinski definition) is 5. The van der Waals surface area contributed by atoms with E-state index in [1.807, 2.05) is 18.2 Å². The van der Waals surface area contributed by atoms with E-state index in [-0.39, 0.29) is 0 Å². The van der Waals surface area contributed by atoms with Crippen LogP contribution in [0.15, 0.2) is 27.4 Å². The Morgan fingerprint density at radius 1 is 1.53 bits per heavy atom. The van der Waals surface area contributed by atoms with Gasteiger partial charge in [-0.05, 0) is 29.6 Å². The Kier molecular flexibility index (Phi) is 3.52. The Hall–Kier alpha value is -0.700. The van der Waals surface area contributed by atoms with Crippen LogP contribution in [0.1, 0.15) is 6.92 Å². The highest BCUT2D eigenvalue weighted by Gasteiger charge is 2.07. The van der Waals surface area contributed by atoms with Gasteiger partial charge in [-0.25, -0.2) is 4.98 Å². The molecule has 2 nitrogen and oxygen atoms in total. The van der Waals surface area contributed by atoms with Crippen molar-refractivity contribution >= 4 is 45.1 Å². The number of nitriles is 1. The Balaban J connectivity index is 2.50. The van der Waals surface area contributed by atoms with Crippen molar-refractivity contribution in [3.05, 3.63) is 18.2 Å². The quantitative estimate of drug-likeness (QED) is 0.611. The molecule has 0 atom stereocenters. The van der Waals surface area contributed by atoms with Gasteiger partial charge >= 0.3 is 0 Å². The zero-order chi connectivity index (χ0) is 10.7. The smallest absolute Gasteiger partial charge is 0.151 e. The fourth-order valence-electron chi connectivity index (χ4n) is 1.22. The van der Waals surface area contributed by atoms with E-state index >= 15 is 0 Å². The van der Waals surface area contributed by atoms with Crippen molar-refractivity contribution in [2.75, 3.05) is 5.75 Å². The van der Waals surface area contributed by atoms with Gasteiger partial charge < -0.3 is 0 Å². The number of hydrogen-bond donors (Lipinski definition) is 0. The van der Waals surface area contributed by atoms with E-state index < -0.39 is 0 Å². The highest BCUT2D eigenvalue weighted by atomic mass is 32.2. The monoisotopic (exact) mass is 252 g/mol. The SMILES string of the molecule is CCSc1nc2c(SC#N)cccc2s1. The summed E-state index contributed by atoms with van der Waals surface area (Å²) in [4.78, 5) is 5.48. The molecule has 0 fully saturated rings. The molecule has 0 aliphatic rings. The topological polar surface area (TPSA) is 36.7 Å². The first kappa shape index (κ1) is 10.8. The lowest BCUT2D eigenvalue weighted by atomic mass is 10.3. The third-order valence-corrected chi connectivity index (χ3v) is 4.47. The molecule has 15 heavy (non-hydrogen) atoms. The molecular weight excluding hydrogens is 244 g/mol. The molecule has 0 aliphatic carbocycles. The van der Waals surface area contributed by atoms with Gasteiger partial charge in [0, 0.05) is 4.90 Å². The second-order valence-electron chi connectivity index (χ2n) is 2.71. The summed E-state index contributed by atoms with van der Waals surface area (Å²) in [5.74, 6) is 1.03. The van der Waals surface area contributed by atoms with E-state index in [9.17, 15) is 0 Å². The Bertz CT molecular complexity index is 513. The molecule has 76 valence electrons. The molecule has 2 rings (SSSR count). The number of nitrogens with zero attached hydrogens (tertiary/aromatic N) is 2. The van der Waals surface area contributed by atoms with Crippen LogP contribution in [0.25, 0.3) is 10.2 Å². The van der Waals surface area contributed by atoms with Gasteiger partial charge in [0.1, 0.15) is 5.40 Å². The molecule has 0 radical (unpaired) electrons. The highest BCUT2D eigenvalue weighted by molar-refractivity contribution is 8.04. The molecule has 0 saturated heterocycles. The zero-order valence-corrected chi connectivity index (χ0v) is 10.5. The van der Waals surface area contributed by atoms with Crippen LogP contribution in [0.5, 0.6) is 0 Å². The van der Waals surface area contributed by atoms with Gasteiger partial charge in [-0.2, -0.15) is 5.26 Å². The maximum absolute atomic E-state index is 8.67. The normalized spacial score (nSPS) is 10.4. The van der Waals surface area contributed by atoms with Crippen LogP contribution in [0, 0.1) is 10.7 Å². The summed E-state index contributed by atoms with van der Waals surface area (Å²) in [6.07, 6.45) is 0. The first-order valence-corrected chi connectivity index (χ1v) is 7.05. The third kappa shape index (κ3) is 2.28. The fourth-order valence-corrected chi connectivity index (χ4v) is 3.77. The molecule has 2 aromatic rings. The number of thiazole rings is 1. The van der Waals surface area contributed by atoms with Crippen molar-refractivity contribution in [3.63, 3.8) is 0 Å². The lowest BCUT2D eigenvalue weighted by Gasteiger charge is -1.92. The van der Waals surface area contributed by atoms with Crippen molar-refractivity contribution in [3.8, 4) is 5.40 Å². The second-order valence-corrected chi connectivity index (χ2v) is 6.08. The van der Waals surface area contributed by atoms with Crippen molar-refractivity contribution in [1.29, 1.82) is 5.26 Å². The Morgan fingerprint density at radius 2 is 2.40 bits per heavy atom. The average molecular weight is 252 g/mol.